The molecule has 1 saturated heterocycles. The molecule has 1 aliphatic rings. The molecule has 0 atom stereocenters. The third-order valence-corrected chi connectivity index (χ3v) is 6.30. The van der Waals surface area contributed by atoms with Crippen LogP contribution in [-0.4, -0.2) is 53.7 Å². The maximum Gasteiger partial charge on any atom is 0.211 e. The van der Waals surface area contributed by atoms with Gasteiger partial charge in [0.2, 0.25) is 10.0 Å². The van der Waals surface area contributed by atoms with Crippen LogP contribution >= 0.6 is 0 Å². The summed E-state index contributed by atoms with van der Waals surface area (Å²) in [7, 11) is 0.482. The molecule has 2 aromatic heterocycles. The molecule has 7 nitrogen and oxygen atoms in total. The molecule has 0 aliphatic carbocycles. The normalized spacial score (nSPS) is 15.9. The van der Waals surface area contributed by atoms with Gasteiger partial charge in [0.05, 0.1) is 30.0 Å². The number of aromatic nitrogens is 3. The maximum absolute atomic E-state index is 14.8. The molecular formula is C18H20FN5O2S. The molecule has 0 saturated carbocycles. The van der Waals surface area contributed by atoms with E-state index in [0.29, 0.717) is 24.6 Å². The summed E-state index contributed by atoms with van der Waals surface area (Å²) in [5.74, 6) is 0.279. The smallest absolute Gasteiger partial charge is 0.211 e. The fourth-order valence-electron chi connectivity index (χ4n) is 3.30. The number of rotatable bonds is 4. The highest BCUT2D eigenvalue weighted by atomic mass is 32.2. The molecule has 0 spiro atoms. The molecule has 0 N–H and O–H groups in total. The minimum atomic E-state index is -3.18. The Morgan fingerprint density at radius 3 is 2.63 bits per heavy atom. The molecule has 3 heterocycles. The fraction of sp³-hybridized carbons (Fsp3) is 0.333. The van der Waals surface area contributed by atoms with Crippen molar-refractivity contribution in [3.05, 3.63) is 48.2 Å². The van der Waals surface area contributed by atoms with Crippen molar-refractivity contribution < 1.29 is 12.8 Å². The molecule has 0 radical (unpaired) electrons. The summed E-state index contributed by atoms with van der Waals surface area (Å²) < 4.78 is 41.0. The second-order valence-corrected chi connectivity index (χ2v) is 8.92. The Morgan fingerprint density at radius 2 is 1.96 bits per heavy atom. The number of hydrogen-bond acceptors (Lipinski definition) is 5. The van der Waals surface area contributed by atoms with Crippen LogP contribution in [0.25, 0.3) is 11.0 Å². The van der Waals surface area contributed by atoms with E-state index in [0.717, 1.165) is 16.6 Å². The first-order valence-electron chi connectivity index (χ1n) is 8.49. The standard InChI is InChI=1S/C18H20FN5O2S/c1-22-11-21-15-8-20-18(7-17(15)22)23(2)16-5-4-12(6-14(16)19)13-9-24(10-13)27(3,25)26/h4-8,11,13H,9-10H2,1-3H3. The highest BCUT2D eigenvalue weighted by Crippen LogP contribution is 2.33. The Morgan fingerprint density at radius 1 is 1.22 bits per heavy atom. The maximum atomic E-state index is 14.8. The molecule has 142 valence electrons. The van der Waals surface area contributed by atoms with E-state index in [4.69, 9.17) is 0 Å². The Balaban J connectivity index is 1.57. The lowest BCUT2D eigenvalue weighted by molar-refractivity contribution is 0.265. The summed E-state index contributed by atoms with van der Waals surface area (Å²) in [5, 5.41) is 0. The number of anilines is 2. The predicted octanol–water partition coefficient (Wildman–Crippen LogP) is 2.23. The average molecular weight is 389 g/mol. The topological polar surface area (TPSA) is 71.3 Å². The van der Waals surface area contributed by atoms with Gasteiger partial charge < -0.3 is 9.47 Å². The molecule has 1 aliphatic heterocycles. The van der Waals surface area contributed by atoms with Crippen molar-refractivity contribution in [2.45, 2.75) is 5.92 Å². The predicted molar refractivity (Wildman–Crippen MR) is 102 cm³/mol. The first-order valence-corrected chi connectivity index (χ1v) is 10.3. The lowest BCUT2D eigenvalue weighted by Gasteiger charge is -2.37. The number of benzene rings is 1. The number of fused-ring (bicyclic) bond motifs is 1. The fourth-order valence-corrected chi connectivity index (χ4v) is 4.20. The SMILES string of the molecule is CN(c1cc2c(cn1)ncn2C)c1ccc(C2CN(S(C)(=O)=O)C2)cc1F. The molecule has 0 amide bonds. The van der Waals surface area contributed by atoms with Crippen molar-refractivity contribution in [1.82, 2.24) is 18.8 Å². The van der Waals surface area contributed by atoms with Crippen LogP contribution in [-0.2, 0) is 17.1 Å². The molecule has 0 bridgehead atoms. The van der Waals surface area contributed by atoms with Crippen molar-refractivity contribution >= 4 is 32.6 Å². The largest absolute Gasteiger partial charge is 0.334 e. The Hall–Kier alpha value is -2.52. The van der Waals surface area contributed by atoms with E-state index in [1.54, 1.807) is 30.5 Å². The number of sulfonamides is 1. The van der Waals surface area contributed by atoms with Crippen molar-refractivity contribution in [3.63, 3.8) is 0 Å². The second-order valence-electron chi connectivity index (χ2n) is 6.93. The number of pyridine rings is 1. The number of aryl methyl sites for hydroxylation is 1. The van der Waals surface area contributed by atoms with Crippen LogP contribution in [0.1, 0.15) is 11.5 Å². The van der Waals surface area contributed by atoms with Crippen molar-refractivity contribution in [2.24, 2.45) is 7.05 Å². The summed E-state index contributed by atoms with van der Waals surface area (Å²) in [4.78, 5) is 10.3. The van der Waals surface area contributed by atoms with E-state index in [9.17, 15) is 12.8 Å². The van der Waals surface area contributed by atoms with E-state index in [-0.39, 0.29) is 11.7 Å². The summed E-state index contributed by atoms with van der Waals surface area (Å²) in [6.07, 6.45) is 4.57. The second kappa shape index (κ2) is 6.28. The minimum Gasteiger partial charge on any atom is -0.334 e. The van der Waals surface area contributed by atoms with Crippen molar-refractivity contribution in [1.29, 1.82) is 0 Å². The van der Waals surface area contributed by atoms with Gasteiger partial charge in [0.15, 0.2) is 0 Å². The van der Waals surface area contributed by atoms with Gasteiger partial charge in [-0.15, -0.1) is 0 Å². The number of halogens is 1. The van der Waals surface area contributed by atoms with Crippen LogP contribution in [0.2, 0.25) is 0 Å². The quantitative estimate of drug-likeness (QED) is 0.684. The van der Waals surface area contributed by atoms with Crippen LogP contribution < -0.4 is 4.90 Å². The Kier molecular flexibility index (Phi) is 4.15. The van der Waals surface area contributed by atoms with Crippen molar-refractivity contribution in [2.75, 3.05) is 31.3 Å². The zero-order valence-electron chi connectivity index (χ0n) is 15.3. The molecule has 0 unspecified atom stereocenters. The summed E-state index contributed by atoms with van der Waals surface area (Å²) >= 11 is 0. The van der Waals surface area contributed by atoms with E-state index in [1.165, 1.54) is 16.6 Å². The van der Waals surface area contributed by atoms with Gasteiger partial charge in [-0.05, 0) is 17.7 Å². The number of nitrogens with zero attached hydrogens (tertiary/aromatic N) is 5. The van der Waals surface area contributed by atoms with Gasteiger partial charge in [0.1, 0.15) is 17.2 Å². The van der Waals surface area contributed by atoms with Crippen LogP contribution in [0.5, 0.6) is 0 Å². The number of hydrogen-bond donors (Lipinski definition) is 0. The van der Waals surface area contributed by atoms with Crippen LogP contribution in [0.15, 0.2) is 36.8 Å². The molecule has 27 heavy (non-hydrogen) atoms. The third-order valence-electron chi connectivity index (χ3n) is 5.06. The number of imidazole rings is 1. The zero-order valence-corrected chi connectivity index (χ0v) is 16.1. The van der Waals surface area contributed by atoms with E-state index >= 15 is 0 Å². The van der Waals surface area contributed by atoms with Crippen LogP contribution in [0.4, 0.5) is 15.9 Å². The molecule has 4 rings (SSSR count). The summed E-state index contributed by atoms with van der Waals surface area (Å²) in [5.41, 5.74) is 2.91. The zero-order chi connectivity index (χ0) is 19.3. The molecule has 1 fully saturated rings. The third kappa shape index (κ3) is 3.17. The van der Waals surface area contributed by atoms with Crippen LogP contribution in [0, 0.1) is 5.82 Å². The van der Waals surface area contributed by atoms with Gasteiger partial charge in [-0.2, -0.15) is 0 Å². The first kappa shape index (κ1) is 17.9. The molecule has 3 aromatic rings. The van der Waals surface area contributed by atoms with E-state index in [2.05, 4.69) is 9.97 Å². The van der Waals surface area contributed by atoms with Crippen LogP contribution in [0.3, 0.4) is 0 Å². The van der Waals surface area contributed by atoms with E-state index in [1.807, 2.05) is 23.7 Å². The molecule has 9 heteroatoms. The lowest BCUT2D eigenvalue weighted by Crippen LogP contribution is -2.47. The molecular weight excluding hydrogens is 369 g/mol. The summed E-state index contributed by atoms with van der Waals surface area (Å²) in [6, 6.07) is 6.91. The van der Waals surface area contributed by atoms with Crippen molar-refractivity contribution in [3.8, 4) is 0 Å². The van der Waals surface area contributed by atoms with Gasteiger partial charge in [0.25, 0.3) is 0 Å². The van der Waals surface area contributed by atoms with Gasteiger partial charge in [-0.1, -0.05) is 6.07 Å². The highest BCUT2D eigenvalue weighted by molar-refractivity contribution is 7.88. The van der Waals surface area contributed by atoms with Gasteiger partial charge in [-0.3, -0.25) is 0 Å². The Labute approximate surface area is 157 Å². The monoisotopic (exact) mass is 389 g/mol. The van der Waals surface area contributed by atoms with Gasteiger partial charge in [-0.25, -0.2) is 27.1 Å². The average Bonchev–Trinajstić information content (AvgIpc) is 2.92. The first-order chi connectivity index (χ1) is 12.7. The van der Waals surface area contributed by atoms with Gasteiger partial charge in [0, 0.05) is 39.2 Å². The molecule has 1 aromatic carbocycles. The highest BCUT2D eigenvalue weighted by Gasteiger charge is 2.34. The Bertz CT molecular complexity index is 1120. The summed E-state index contributed by atoms with van der Waals surface area (Å²) in [6.45, 7) is 0.790. The lowest BCUT2D eigenvalue weighted by atomic mass is 9.93. The van der Waals surface area contributed by atoms with E-state index < -0.39 is 10.0 Å². The van der Waals surface area contributed by atoms with Gasteiger partial charge >= 0.3 is 0 Å². The minimum absolute atomic E-state index is 0.0255.